The van der Waals surface area contributed by atoms with E-state index in [0.29, 0.717) is 24.1 Å². The number of nitrogens with zero attached hydrogens (tertiary/aromatic N) is 2. The second kappa shape index (κ2) is 5.17. The molecule has 0 aliphatic carbocycles. The van der Waals surface area contributed by atoms with Crippen molar-refractivity contribution in [1.82, 2.24) is 9.88 Å². The lowest BCUT2D eigenvalue weighted by Crippen LogP contribution is -2.61. The maximum atomic E-state index is 12.9. The van der Waals surface area contributed by atoms with Crippen LogP contribution in [0.15, 0.2) is 22.6 Å². The molecule has 0 amide bonds. The number of ketones is 1. The van der Waals surface area contributed by atoms with Gasteiger partial charge in [-0.3, -0.25) is 9.69 Å². The molecule has 0 radical (unpaired) electrons. The Hall–Kier alpha value is -1.68. The molecule has 0 saturated carbocycles. The van der Waals surface area contributed by atoms with Gasteiger partial charge in [0.05, 0.1) is 0 Å². The number of hydrogen-bond acceptors (Lipinski definition) is 4. The van der Waals surface area contributed by atoms with Crippen LogP contribution in [0.5, 0.6) is 0 Å². The Morgan fingerprint density at radius 2 is 2.09 bits per heavy atom. The predicted octanol–water partition coefficient (Wildman–Crippen LogP) is 3.83. The van der Waals surface area contributed by atoms with E-state index in [1.165, 1.54) is 25.9 Å². The number of oxazole rings is 1. The summed E-state index contributed by atoms with van der Waals surface area (Å²) < 4.78 is 5.50. The van der Waals surface area contributed by atoms with E-state index in [1.54, 1.807) is 0 Å². The highest BCUT2D eigenvalue weighted by atomic mass is 16.3. The molecule has 4 heteroatoms. The number of carbonyl (C=O) groups is 1. The van der Waals surface area contributed by atoms with Gasteiger partial charge < -0.3 is 4.42 Å². The highest BCUT2D eigenvalue weighted by Gasteiger charge is 2.47. The molecular weight excluding hydrogens is 288 g/mol. The smallest absolute Gasteiger partial charge is 0.192 e. The van der Waals surface area contributed by atoms with Crippen LogP contribution in [0, 0.1) is 18.8 Å². The Kier molecular flexibility index (Phi) is 3.34. The van der Waals surface area contributed by atoms with Crippen molar-refractivity contribution in [1.29, 1.82) is 0 Å². The van der Waals surface area contributed by atoms with E-state index < -0.39 is 0 Å². The van der Waals surface area contributed by atoms with E-state index in [-0.39, 0.29) is 11.3 Å². The molecule has 4 nitrogen and oxygen atoms in total. The molecule has 3 saturated heterocycles. The maximum Gasteiger partial charge on any atom is 0.192 e. The number of rotatable bonds is 3. The van der Waals surface area contributed by atoms with E-state index in [2.05, 4.69) is 23.7 Å². The van der Waals surface area contributed by atoms with Crippen LogP contribution in [0.4, 0.5) is 0 Å². The number of benzene rings is 1. The number of fused-ring (bicyclic) bond motifs is 4. The number of Topliss-reactive ketones (excluding diaryl/α,β-unsaturated/α-hetero) is 1. The van der Waals surface area contributed by atoms with Gasteiger partial charge in [-0.1, -0.05) is 0 Å². The van der Waals surface area contributed by atoms with Gasteiger partial charge in [-0.15, -0.1) is 0 Å². The standard InChI is InChI=1S/C19H24N2O2/c1-12-20-16-10-14(4-5-18(16)23-12)17(22)11-15-13-6-8-21(9-7-13)19(15,2)3/h4-5,10,13,15H,6-9,11H2,1-3H3/t15-/m1/s1. The highest BCUT2D eigenvalue weighted by Crippen LogP contribution is 2.45. The maximum absolute atomic E-state index is 12.9. The fraction of sp³-hybridized carbons (Fsp3) is 0.579. The minimum absolute atomic E-state index is 0.130. The lowest BCUT2D eigenvalue weighted by atomic mass is 9.65. The molecule has 122 valence electrons. The second-order valence-electron chi connectivity index (χ2n) is 7.63. The fourth-order valence-electron chi connectivity index (χ4n) is 4.64. The Labute approximate surface area is 136 Å². The molecule has 0 unspecified atom stereocenters. The summed E-state index contributed by atoms with van der Waals surface area (Å²) in [5.74, 6) is 2.02. The summed E-state index contributed by atoms with van der Waals surface area (Å²) in [5, 5.41) is 0. The van der Waals surface area contributed by atoms with Gasteiger partial charge in [0.15, 0.2) is 17.3 Å². The van der Waals surface area contributed by atoms with Crippen LogP contribution >= 0.6 is 0 Å². The number of carbonyl (C=O) groups excluding carboxylic acids is 1. The van der Waals surface area contributed by atoms with Crippen molar-refractivity contribution in [3.8, 4) is 0 Å². The van der Waals surface area contributed by atoms with Gasteiger partial charge in [0.25, 0.3) is 0 Å². The lowest BCUT2D eigenvalue weighted by Gasteiger charge is -2.56. The van der Waals surface area contributed by atoms with E-state index in [1.807, 2.05) is 25.1 Å². The number of aromatic nitrogens is 1. The van der Waals surface area contributed by atoms with Crippen LogP contribution in [0.3, 0.4) is 0 Å². The predicted molar refractivity (Wildman–Crippen MR) is 89.6 cm³/mol. The second-order valence-corrected chi connectivity index (χ2v) is 7.63. The molecule has 3 aliphatic heterocycles. The summed E-state index contributed by atoms with van der Waals surface area (Å²) in [6.07, 6.45) is 3.11. The monoisotopic (exact) mass is 312 g/mol. The molecule has 1 atom stereocenters. The summed E-state index contributed by atoms with van der Waals surface area (Å²) in [4.78, 5) is 19.8. The van der Waals surface area contributed by atoms with Gasteiger partial charge in [0.1, 0.15) is 5.52 Å². The van der Waals surface area contributed by atoms with Crippen LogP contribution in [0.25, 0.3) is 11.1 Å². The van der Waals surface area contributed by atoms with Crippen LogP contribution in [-0.2, 0) is 0 Å². The average molecular weight is 312 g/mol. The minimum atomic E-state index is 0.130. The highest BCUT2D eigenvalue weighted by molar-refractivity contribution is 5.98. The van der Waals surface area contributed by atoms with Crippen LogP contribution in [0.2, 0.25) is 0 Å². The summed E-state index contributed by atoms with van der Waals surface area (Å²) in [6.45, 7) is 8.82. The number of piperidine rings is 3. The van der Waals surface area contributed by atoms with E-state index in [9.17, 15) is 4.79 Å². The first-order valence-electron chi connectivity index (χ1n) is 8.60. The summed E-state index contributed by atoms with van der Waals surface area (Å²) in [5.41, 5.74) is 2.42. The third kappa shape index (κ3) is 2.40. The van der Waals surface area contributed by atoms with Gasteiger partial charge in [-0.25, -0.2) is 4.98 Å². The van der Waals surface area contributed by atoms with E-state index in [0.717, 1.165) is 16.7 Å². The van der Waals surface area contributed by atoms with E-state index >= 15 is 0 Å². The minimum Gasteiger partial charge on any atom is -0.441 e. The quantitative estimate of drug-likeness (QED) is 0.808. The summed E-state index contributed by atoms with van der Waals surface area (Å²) in [7, 11) is 0. The Morgan fingerprint density at radius 1 is 1.35 bits per heavy atom. The van der Waals surface area contributed by atoms with Crippen molar-refractivity contribution in [2.45, 2.75) is 45.6 Å². The summed E-state index contributed by atoms with van der Waals surface area (Å²) in [6, 6.07) is 5.62. The van der Waals surface area contributed by atoms with Gasteiger partial charge >= 0.3 is 0 Å². The van der Waals surface area contributed by atoms with Crippen LogP contribution < -0.4 is 0 Å². The largest absolute Gasteiger partial charge is 0.441 e. The van der Waals surface area contributed by atoms with Crippen molar-refractivity contribution in [2.24, 2.45) is 11.8 Å². The molecule has 0 N–H and O–H groups in total. The van der Waals surface area contributed by atoms with Gasteiger partial charge in [-0.05, 0) is 69.8 Å². The molecule has 5 rings (SSSR count). The van der Waals surface area contributed by atoms with Crippen molar-refractivity contribution < 1.29 is 9.21 Å². The van der Waals surface area contributed by atoms with Crippen LogP contribution in [-0.4, -0.2) is 34.3 Å². The molecule has 2 bridgehead atoms. The number of hydrogen-bond donors (Lipinski definition) is 0. The Morgan fingerprint density at radius 3 is 2.78 bits per heavy atom. The third-order valence-corrected chi connectivity index (χ3v) is 6.05. The normalized spacial score (nSPS) is 29.1. The number of aryl methyl sites for hydroxylation is 1. The van der Waals surface area contributed by atoms with Crippen molar-refractivity contribution in [2.75, 3.05) is 13.1 Å². The molecule has 3 fully saturated rings. The Bertz CT molecular complexity index is 754. The fourth-order valence-corrected chi connectivity index (χ4v) is 4.64. The molecule has 3 aliphatic rings. The molecule has 2 aromatic rings. The van der Waals surface area contributed by atoms with Gasteiger partial charge in [-0.2, -0.15) is 0 Å². The van der Waals surface area contributed by atoms with E-state index in [4.69, 9.17) is 4.42 Å². The lowest BCUT2D eigenvalue weighted by molar-refractivity contribution is -0.0643. The zero-order valence-electron chi connectivity index (χ0n) is 14.1. The van der Waals surface area contributed by atoms with Crippen LogP contribution in [0.1, 0.15) is 49.4 Å². The summed E-state index contributed by atoms with van der Waals surface area (Å²) >= 11 is 0. The molecule has 4 heterocycles. The first-order valence-corrected chi connectivity index (χ1v) is 8.60. The SMILES string of the molecule is Cc1nc2cc(C(=O)C[C@@H]3C4CCN(CC4)C3(C)C)ccc2o1. The molecule has 1 aromatic heterocycles. The first-order chi connectivity index (χ1) is 10.9. The third-order valence-electron chi connectivity index (χ3n) is 6.05. The molecular formula is C19H24N2O2. The Balaban J connectivity index is 1.58. The first kappa shape index (κ1) is 14.9. The molecule has 1 aromatic carbocycles. The molecule has 0 spiro atoms. The van der Waals surface area contributed by atoms with Gasteiger partial charge in [0.2, 0.25) is 0 Å². The zero-order valence-corrected chi connectivity index (χ0v) is 14.1. The van der Waals surface area contributed by atoms with Crippen molar-refractivity contribution >= 4 is 16.9 Å². The molecule has 23 heavy (non-hydrogen) atoms. The topological polar surface area (TPSA) is 46.3 Å². The van der Waals surface area contributed by atoms with Gasteiger partial charge in [0, 0.05) is 24.4 Å². The average Bonchev–Trinajstić information content (AvgIpc) is 2.90. The van der Waals surface area contributed by atoms with Crippen molar-refractivity contribution in [3.05, 3.63) is 29.7 Å². The zero-order chi connectivity index (χ0) is 16.2. The van der Waals surface area contributed by atoms with Crippen molar-refractivity contribution in [3.63, 3.8) is 0 Å².